The van der Waals surface area contributed by atoms with Crippen LogP contribution in [0.4, 0.5) is 9.93 Å². The molecule has 2 aromatic rings. The van der Waals surface area contributed by atoms with Gasteiger partial charge in [0, 0.05) is 23.1 Å². The largest absolute Gasteiger partial charge is 0.335 e. The van der Waals surface area contributed by atoms with Crippen molar-refractivity contribution in [1.29, 1.82) is 0 Å². The summed E-state index contributed by atoms with van der Waals surface area (Å²) < 4.78 is 4.24. The third kappa shape index (κ3) is 3.77. The molecule has 0 saturated heterocycles. The van der Waals surface area contributed by atoms with Crippen molar-refractivity contribution in [2.45, 2.75) is 26.8 Å². The summed E-state index contributed by atoms with van der Waals surface area (Å²) in [4.78, 5) is 16.1. The highest BCUT2D eigenvalue weighted by Gasteiger charge is 2.13. The van der Waals surface area contributed by atoms with Crippen molar-refractivity contribution in [3.63, 3.8) is 0 Å². The number of aromatic nitrogens is 2. The molecule has 2 amide bonds. The number of urea groups is 1. The molecule has 5 nitrogen and oxygen atoms in total. The summed E-state index contributed by atoms with van der Waals surface area (Å²) in [7, 11) is 0. The van der Waals surface area contributed by atoms with Gasteiger partial charge in [0.2, 0.25) is 5.13 Å². The van der Waals surface area contributed by atoms with Gasteiger partial charge in [0.05, 0.1) is 0 Å². The fourth-order valence-corrected chi connectivity index (χ4v) is 2.07. The highest BCUT2D eigenvalue weighted by Crippen LogP contribution is 2.20. The van der Waals surface area contributed by atoms with Gasteiger partial charge >= 0.3 is 6.03 Å². The molecule has 0 aliphatic heterocycles. The Labute approximate surface area is 122 Å². The van der Waals surface area contributed by atoms with Gasteiger partial charge in [-0.3, -0.25) is 5.32 Å². The summed E-state index contributed by atoms with van der Waals surface area (Å²) in [5.41, 5.74) is 0.938. The molecule has 1 atom stereocenters. The lowest BCUT2D eigenvalue weighted by Crippen LogP contribution is -2.38. The number of amides is 2. The molecule has 0 aliphatic rings. The maximum Gasteiger partial charge on any atom is 0.321 e. The molecule has 0 fully saturated rings. The second-order valence-electron chi connectivity index (χ2n) is 4.92. The molecular weight excluding hydrogens is 272 g/mol. The van der Waals surface area contributed by atoms with Gasteiger partial charge in [-0.2, -0.15) is 9.36 Å². The molecule has 0 radical (unpaired) electrons. The number of carbonyl (C=O) groups excluding carboxylic acids is 1. The second-order valence-corrected chi connectivity index (χ2v) is 5.67. The van der Waals surface area contributed by atoms with E-state index in [1.54, 1.807) is 0 Å². The molecule has 2 N–H and O–H groups in total. The van der Waals surface area contributed by atoms with Gasteiger partial charge in [-0.05, 0) is 12.8 Å². The van der Waals surface area contributed by atoms with Crippen molar-refractivity contribution in [2.75, 3.05) is 5.32 Å². The standard InChI is InChI=1S/C14H18N4OS/c1-9(2)10(3)15-13(19)17-14-16-12(18-20-14)11-7-5-4-6-8-11/h4-10H,1-3H3,(H2,15,16,17,18,19)/t10-/m0/s1. The van der Waals surface area contributed by atoms with Crippen LogP contribution in [0.25, 0.3) is 11.4 Å². The first-order valence-corrected chi connectivity index (χ1v) is 7.30. The SMILES string of the molecule is CC(C)[C@H](C)NC(=O)Nc1nc(-c2ccccc2)ns1. The Hall–Kier alpha value is -1.95. The molecule has 20 heavy (non-hydrogen) atoms. The van der Waals surface area contributed by atoms with E-state index in [2.05, 4.69) is 33.8 Å². The molecule has 106 valence electrons. The van der Waals surface area contributed by atoms with Crippen LogP contribution in [0.2, 0.25) is 0 Å². The highest BCUT2D eigenvalue weighted by atomic mass is 32.1. The van der Waals surface area contributed by atoms with E-state index in [-0.39, 0.29) is 12.1 Å². The Bertz CT molecular complexity index is 568. The highest BCUT2D eigenvalue weighted by molar-refractivity contribution is 7.10. The van der Waals surface area contributed by atoms with Gasteiger partial charge in [-0.15, -0.1) is 0 Å². The predicted octanol–water partition coefficient (Wildman–Crippen LogP) is 3.37. The Morgan fingerprint density at radius 3 is 2.55 bits per heavy atom. The van der Waals surface area contributed by atoms with Gasteiger partial charge in [0.1, 0.15) is 0 Å². The zero-order chi connectivity index (χ0) is 14.5. The zero-order valence-electron chi connectivity index (χ0n) is 11.8. The molecule has 0 spiro atoms. The third-order valence-electron chi connectivity index (χ3n) is 3.04. The quantitative estimate of drug-likeness (QED) is 0.907. The normalized spacial score (nSPS) is 12.2. The van der Waals surface area contributed by atoms with Crippen LogP contribution in [0.1, 0.15) is 20.8 Å². The van der Waals surface area contributed by atoms with Crippen molar-refractivity contribution in [3.8, 4) is 11.4 Å². The van der Waals surface area contributed by atoms with E-state index in [0.717, 1.165) is 5.56 Å². The molecule has 0 saturated carbocycles. The van der Waals surface area contributed by atoms with Crippen molar-refractivity contribution < 1.29 is 4.79 Å². The van der Waals surface area contributed by atoms with Crippen LogP contribution >= 0.6 is 11.5 Å². The zero-order valence-corrected chi connectivity index (χ0v) is 12.6. The predicted molar refractivity (Wildman–Crippen MR) is 81.8 cm³/mol. The topological polar surface area (TPSA) is 66.9 Å². The first kappa shape index (κ1) is 14.5. The number of carbonyl (C=O) groups is 1. The number of nitrogens with one attached hydrogen (secondary N) is 2. The number of rotatable bonds is 4. The van der Waals surface area contributed by atoms with Crippen LogP contribution in [0.15, 0.2) is 30.3 Å². The van der Waals surface area contributed by atoms with Crippen LogP contribution in [0.5, 0.6) is 0 Å². The minimum absolute atomic E-state index is 0.108. The number of hydrogen-bond donors (Lipinski definition) is 2. The maximum absolute atomic E-state index is 11.8. The van der Waals surface area contributed by atoms with Crippen LogP contribution in [-0.2, 0) is 0 Å². The summed E-state index contributed by atoms with van der Waals surface area (Å²) in [6.07, 6.45) is 0. The first-order valence-electron chi connectivity index (χ1n) is 6.53. The van der Waals surface area contributed by atoms with Crippen LogP contribution in [0.3, 0.4) is 0 Å². The van der Waals surface area contributed by atoms with E-state index in [9.17, 15) is 4.79 Å². The van der Waals surface area contributed by atoms with E-state index in [0.29, 0.717) is 16.9 Å². The monoisotopic (exact) mass is 290 g/mol. The minimum Gasteiger partial charge on any atom is -0.335 e. The van der Waals surface area contributed by atoms with E-state index in [1.807, 2.05) is 37.3 Å². The summed E-state index contributed by atoms with van der Waals surface area (Å²) >= 11 is 1.18. The first-order chi connectivity index (χ1) is 9.56. The van der Waals surface area contributed by atoms with Crippen LogP contribution < -0.4 is 10.6 Å². The van der Waals surface area contributed by atoms with Crippen molar-refractivity contribution in [2.24, 2.45) is 5.92 Å². The molecule has 1 heterocycles. The number of nitrogens with zero attached hydrogens (tertiary/aromatic N) is 2. The van der Waals surface area contributed by atoms with Gasteiger partial charge in [0.15, 0.2) is 5.82 Å². The van der Waals surface area contributed by atoms with E-state index in [1.165, 1.54) is 11.5 Å². The molecule has 0 bridgehead atoms. The number of benzene rings is 1. The van der Waals surface area contributed by atoms with Gasteiger partial charge in [-0.1, -0.05) is 44.2 Å². The van der Waals surface area contributed by atoms with Crippen molar-refractivity contribution in [3.05, 3.63) is 30.3 Å². The summed E-state index contributed by atoms with van der Waals surface area (Å²) in [6.45, 7) is 6.09. The average Bonchev–Trinajstić information content (AvgIpc) is 2.88. The fourth-order valence-electron chi connectivity index (χ4n) is 1.49. The molecular formula is C14H18N4OS. The summed E-state index contributed by atoms with van der Waals surface area (Å²) in [6, 6.07) is 9.54. The van der Waals surface area contributed by atoms with E-state index in [4.69, 9.17) is 0 Å². The fraction of sp³-hybridized carbons (Fsp3) is 0.357. The van der Waals surface area contributed by atoms with E-state index >= 15 is 0 Å². The Kier molecular flexibility index (Phi) is 4.68. The molecule has 2 rings (SSSR count). The minimum atomic E-state index is -0.248. The lowest BCUT2D eigenvalue weighted by Gasteiger charge is -2.16. The summed E-state index contributed by atoms with van der Waals surface area (Å²) in [5, 5.41) is 6.08. The Balaban J connectivity index is 1.98. The van der Waals surface area contributed by atoms with Gasteiger partial charge in [0.25, 0.3) is 0 Å². The lowest BCUT2D eigenvalue weighted by molar-refractivity contribution is 0.246. The molecule has 6 heteroatoms. The summed E-state index contributed by atoms with van der Waals surface area (Å²) in [5.74, 6) is 1.01. The molecule has 1 aromatic heterocycles. The molecule has 0 unspecified atom stereocenters. The average molecular weight is 290 g/mol. The Morgan fingerprint density at radius 2 is 1.90 bits per heavy atom. The van der Waals surface area contributed by atoms with Gasteiger partial charge in [-0.25, -0.2) is 4.79 Å². The van der Waals surface area contributed by atoms with Gasteiger partial charge < -0.3 is 5.32 Å². The van der Waals surface area contributed by atoms with Crippen LogP contribution in [-0.4, -0.2) is 21.4 Å². The van der Waals surface area contributed by atoms with Crippen LogP contribution in [0, 0.1) is 5.92 Å². The van der Waals surface area contributed by atoms with E-state index < -0.39 is 0 Å². The van der Waals surface area contributed by atoms with Crippen molar-refractivity contribution >= 4 is 22.7 Å². The molecule has 1 aromatic carbocycles. The molecule has 0 aliphatic carbocycles. The number of hydrogen-bond acceptors (Lipinski definition) is 4. The number of anilines is 1. The lowest BCUT2D eigenvalue weighted by atomic mass is 10.1. The third-order valence-corrected chi connectivity index (χ3v) is 3.67. The smallest absolute Gasteiger partial charge is 0.321 e. The van der Waals surface area contributed by atoms with Crippen molar-refractivity contribution in [1.82, 2.24) is 14.7 Å². The second kappa shape index (κ2) is 6.47. The maximum atomic E-state index is 11.8. The Morgan fingerprint density at radius 1 is 1.20 bits per heavy atom.